The molecule has 2 aliphatic rings. The molecular formula is C14H21NO5S. The second-order valence-electron chi connectivity index (χ2n) is 5.61. The number of carbonyl (C=O) groups is 2. The Balaban J connectivity index is 2.07. The maximum atomic E-state index is 12.3. The van der Waals surface area contributed by atoms with E-state index in [0.717, 1.165) is 19.3 Å². The molecule has 0 saturated carbocycles. The molecule has 7 heteroatoms. The molecule has 0 radical (unpaired) electrons. The minimum atomic E-state index is -3.39. The van der Waals surface area contributed by atoms with Gasteiger partial charge in [-0.3, -0.25) is 9.59 Å². The van der Waals surface area contributed by atoms with Crippen molar-refractivity contribution in [2.45, 2.75) is 44.9 Å². The van der Waals surface area contributed by atoms with Crippen molar-refractivity contribution >= 4 is 21.7 Å². The summed E-state index contributed by atoms with van der Waals surface area (Å²) in [6, 6.07) is 0. The minimum absolute atomic E-state index is 0.0778. The fourth-order valence-electron chi connectivity index (χ4n) is 2.84. The van der Waals surface area contributed by atoms with Gasteiger partial charge in [0.1, 0.15) is 12.0 Å². The molecule has 118 valence electrons. The highest BCUT2D eigenvalue weighted by Crippen LogP contribution is 2.39. The summed E-state index contributed by atoms with van der Waals surface area (Å²) in [5, 5.41) is -0.720. The van der Waals surface area contributed by atoms with Gasteiger partial charge in [0, 0.05) is 13.1 Å². The topological polar surface area (TPSA) is 80.8 Å². The highest BCUT2D eigenvalue weighted by molar-refractivity contribution is 7.92. The third-order valence-corrected chi connectivity index (χ3v) is 5.91. The zero-order valence-electron chi connectivity index (χ0n) is 12.4. The van der Waals surface area contributed by atoms with E-state index in [2.05, 4.69) is 6.92 Å². The van der Waals surface area contributed by atoms with E-state index in [0.29, 0.717) is 12.0 Å². The van der Waals surface area contributed by atoms with E-state index in [1.54, 1.807) is 0 Å². The largest absolute Gasteiger partial charge is 0.461 e. The van der Waals surface area contributed by atoms with Crippen LogP contribution in [-0.2, 0) is 24.2 Å². The summed E-state index contributed by atoms with van der Waals surface area (Å²) in [5.41, 5.74) is 0.446. The Morgan fingerprint density at radius 1 is 1.43 bits per heavy atom. The Bertz CT molecular complexity index is 566. The summed E-state index contributed by atoms with van der Waals surface area (Å²) in [5.74, 6) is -1.16. The molecule has 0 spiro atoms. The lowest BCUT2D eigenvalue weighted by atomic mass is 9.92. The van der Waals surface area contributed by atoms with Crippen molar-refractivity contribution in [3.63, 3.8) is 0 Å². The van der Waals surface area contributed by atoms with Crippen LogP contribution in [0.5, 0.6) is 0 Å². The number of unbranched alkanes of at least 4 members (excludes halogenated alkanes) is 2. The number of amides is 1. The van der Waals surface area contributed by atoms with Crippen molar-refractivity contribution in [2.24, 2.45) is 5.92 Å². The average Bonchev–Trinajstić information content (AvgIpc) is 2.40. The Morgan fingerprint density at radius 3 is 2.76 bits per heavy atom. The Kier molecular flexibility index (Phi) is 4.70. The first-order valence-corrected chi connectivity index (χ1v) is 8.95. The van der Waals surface area contributed by atoms with Crippen LogP contribution in [0, 0.1) is 5.92 Å². The molecule has 1 amide bonds. The molecule has 0 unspecified atom stereocenters. The SMILES string of the molecule is CCCCC[C@H]1C(=O)N2C=C(COC(C)=O)CS(=O)(=O)[C@@H]12. The number of rotatable bonds is 6. The molecule has 2 aliphatic heterocycles. The first-order valence-electron chi connectivity index (χ1n) is 7.23. The number of fused-ring (bicyclic) bond motifs is 1. The van der Waals surface area contributed by atoms with Crippen LogP contribution in [0.1, 0.15) is 39.5 Å². The molecule has 0 aliphatic carbocycles. The standard InChI is InChI=1S/C14H21NO5S/c1-3-4-5-6-12-13(17)15-7-11(8-20-10(2)16)9-21(18,19)14(12)15/h7,12,14H,3-6,8-9H2,1-2H3/t12-,14-/m0/s1. The third kappa shape index (κ3) is 3.28. The Labute approximate surface area is 125 Å². The van der Waals surface area contributed by atoms with Crippen molar-refractivity contribution in [3.05, 3.63) is 11.8 Å². The average molecular weight is 315 g/mol. The molecule has 0 aromatic carbocycles. The highest BCUT2D eigenvalue weighted by Gasteiger charge is 2.55. The second-order valence-corrected chi connectivity index (χ2v) is 7.71. The fraction of sp³-hybridized carbons (Fsp3) is 0.714. The number of esters is 1. The van der Waals surface area contributed by atoms with Crippen molar-refractivity contribution in [1.29, 1.82) is 0 Å². The van der Waals surface area contributed by atoms with Crippen LogP contribution in [0.3, 0.4) is 0 Å². The maximum absolute atomic E-state index is 12.3. The van der Waals surface area contributed by atoms with E-state index in [1.807, 2.05) is 0 Å². The molecule has 21 heavy (non-hydrogen) atoms. The quantitative estimate of drug-likeness (QED) is 0.418. The van der Waals surface area contributed by atoms with E-state index in [4.69, 9.17) is 4.74 Å². The third-order valence-electron chi connectivity index (χ3n) is 3.85. The molecule has 2 heterocycles. The van der Waals surface area contributed by atoms with Gasteiger partial charge in [0.2, 0.25) is 5.91 Å². The zero-order valence-corrected chi connectivity index (χ0v) is 13.2. The van der Waals surface area contributed by atoms with Gasteiger partial charge in [-0.15, -0.1) is 0 Å². The predicted molar refractivity (Wildman–Crippen MR) is 76.8 cm³/mol. The summed E-state index contributed by atoms with van der Waals surface area (Å²) in [4.78, 5) is 24.1. The van der Waals surface area contributed by atoms with E-state index < -0.39 is 27.1 Å². The minimum Gasteiger partial charge on any atom is -0.461 e. The molecule has 0 N–H and O–H groups in total. The maximum Gasteiger partial charge on any atom is 0.302 e. The highest BCUT2D eigenvalue weighted by atomic mass is 32.2. The van der Waals surface area contributed by atoms with Gasteiger partial charge in [-0.25, -0.2) is 8.42 Å². The van der Waals surface area contributed by atoms with Crippen LogP contribution >= 0.6 is 0 Å². The summed E-state index contributed by atoms with van der Waals surface area (Å²) in [6.45, 7) is 3.25. The fourth-order valence-corrected chi connectivity index (χ4v) is 4.95. The number of β-lactam (4-membered cyclic amide) rings is 1. The Morgan fingerprint density at radius 2 is 2.14 bits per heavy atom. The lowest BCUT2D eigenvalue weighted by molar-refractivity contribution is -0.146. The van der Waals surface area contributed by atoms with Gasteiger partial charge in [-0.2, -0.15) is 0 Å². The molecule has 6 nitrogen and oxygen atoms in total. The van der Waals surface area contributed by atoms with Gasteiger partial charge in [-0.05, 0) is 12.0 Å². The second kappa shape index (κ2) is 6.17. The van der Waals surface area contributed by atoms with Gasteiger partial charge in [0.15, 0.2) is 9.84 Å². The summed E-state index contributed by atoms with van der Waals surface area (Å²) in [6.07, 6.45) is 5.07. The molecule has 2 atom stereocenters. The summed E-state index contributed by atoms with van der Waals surface area (Å²) < 4.78 is 29.4. The first kappa shape index (κ1) is 16.0. The lowest BCUT2D eigenvalue weighted by Crippen LogP contribution is -2.64. The number of hydrogen-bond donors (Lipinski definition) is 0. The van der Waals surface area contributed by atoms with Gasteiger partial charge in [0.25, 0.3) is 0 Å². The van der Waals surface area contributed by atoms with Crippen LogP contribution in [0.2, 0.25) is 0 Å². The van der Waals surface area contributed by atoms with Gasteiger partial charge in [0.05, 0.1) is 11.7 Å². The van der Waals surface area contributed by atoms with Crippen LogP contribution in [0.25, 0.3) is 0 Å². The van der Waals surface area contributed by atoms with Crippen molar-refractivity contribution in [2.75, 3.05) is 12.4 Å². The van der Waals surface area contributed by atoms with Crippen molar-refractivity contribution in [3.8, 4) is 0 Å². The molecule has 1 saturated heterocycles. The molecule has 0 bridgehead atoms. The monoisotopic (exact) mass is 315 g/mol. The van der Waals surface area contributed by atoms with Crippen LogP contribution < -0.4 is 0 Å². The molecule has 2 rings (SSSR count). The number of hydrogen-bond acceptors (Lipinski definition) is 5. The van der Waals surface area contributed by atoms with Gasteiger partial charge < -0.3 is 9.64 Å². The van der Waals surface area contributed by atoms with Crippen LogP contribution in [0.4, 0.5) is 0 Å². The number of nitrogens with zero attached hydrogens (tertiary/aromatic N) is 1. The van der Waals surface area contributed by atoms with E-state index in [-0.39, 0.29) is 18.3 Å². The number of ether oxygens (including phenoxy) is 1. The van der Waals surface area contributed by atoms with Crippen molar-refractivity contribution in [1.82, 2.24) is 4.90 Å². The van der Waals surface area contributed by atoms with E-state index in [9.17, 15) is 18.0 Å². The zero-order chi connectivity index (χ0) is 15.6. The smallest absolute Gasteiger partial charge is 0.302 e. The number of sulfone groups is 1. The predicted octanol–water partition coefficient (Wildman–Crippen LogP) is 1.23. The van der Waals surface area contributed by atoms with E-state index in [1.165, 1.54) is 18.0 Å². The molecular weight excluding hydrogens is 294 g/mol. The van der Waals surface area contributed by atoms with Crippen LogP contribution in [0.15, 0.2) is 11.8 Å². The normalized spacial score (nSPS) is 26.7. The van der Waals surface area contributed by atoms with Gasteiger partial charge in [-0.1, -0.05) is 26.2 Å². The first-order chi connectivity index (χ1) is 9.86. The van der Waals surface area contributed by atoms with E-state index >= 15 is 0 Å². The molecule has 1 fully saturated rings. The van der Waals surface area contributed by atoms with Gasteiger partial charge >= 0.3 is 5.97 Å². The molecule has 0 aromatic rings. The summed E-state index contributed by atoms with van der Waals surface area (Å²) in [7, 11) is -3.39. The Hall–Kier alpha value is -1.37. The number of carbonyl (C=O) groups excluding carboxylic acids is 2. The van der Waals surface area contributed by atoms with Crippen LogP contribution in [-0.4, -0.2) is 42.9 Å². The molecule has 0 aromatic heterocycles. The summed E-state index contributed by atoms with van der Waals surface area (Å²) >= 11 is 0. The lowest BCUT2D eigenvalue weighted by Gasteiger charge is -2.47. The van der Waals surface area contributed by atoms with Crippen molar-refractivity contribution < 1.29 is 22.7 Å².